The van der Waals surface area contributed by atoms with Crippen molar-refractivity contribution in [1.29, 1.82) is 0 Å². The summed E-state index contributed by atoms with van der Waals surface area (Å²) in [6.45, 7) is 1.52. The van der Waals surface area contributed by atoms with Crippen molar-refractivity contribution in [1.82, 2.24) is 4.90 Å². The summed E-state index contributed by atoms with van der Waals surface area (Å²) < 4.78 is 26.6. The van der Waals surface area contributed by atoms with Crippen molar-refractivity contribution in [2.45, 2.75) is 19.3 Å². The van der Waals surface area contributed by atoms with Crippen molar-refractivity contribution in [3.8, 4) is 10.4 Å². The SMILES string of the molecule is O=C(c1ccc(-c2ccc(F)c(F)c2)s1)N1CCC(Cc2ccccc2)CC1. The first-order chi connectivity index (χ1) is 13.6. The van der Waals surface area contributed by atoms with E-state index in [0.29, 0.717) is 16.4 Å². The minimum absolute atomic E-state index is 0.0250. The third kappa shape index (κ3) is 4.14. The molecule has 0 atom stereocenters. The number of likely N-dealkylation sites (tertiary alicyclic amines) is 1. The third-order valence-electron chi connectivity index (χ3n) is 5.29. The van der Waals surface area contributed by atoms with E-state index in [4.69, 9.17) is 0 Å². The summed E-state index contributed by atoms with van der Waals surface area (Å²) in [5.41, 5.74) is 1.94. The Labute approximate surface area is 167 Å². The maximum absolute atomic E-state index is 13.5. The number of hydrogen-bond acceptors (Lipinski definition) is 2. The zero-order valence-corrected chi connectivity index (χ0v) is 16.2. The average molecular weight is 397 g/mol. The Morgan fingerprint density at radius 2 is 1.71 bits per heavy atom. The summed E-state index contributed by atoms with van der Waals surface area (Å²) >= 11 is 1.33. The van der Waals surface area contributed by atoms with Crippen LogP contribution in [0.25, 0.3) is 10.4 Å². The summed E-state index contributed by atoms with van der Waals surface area (Å²) in [6, 6.07) is 17.9. The molecule has 0 radical (unpaired) electrons. The number of nitrogens with zero attached hydrogens (tertiary/aromatic N) is 1. The standard InChI is InChI=1S/C23H21F2NOS/c24-19-7-6-18(15-20(19)25)21-8-9-22(28-21)23(27)26-12-10-17(11-13-26)14-16-4-2-1-3-5-16/h1-9,15,17H,10-14H2. The quantitative estimate of drug-likeness (QED) is 0.546. The lowest BCUT2D eigenvalue weighted by Gasteiger charge is -2.31. The van der Waals surface area contributed by atoms with Crippen molar-refractivity contribution in [2.75, 3.05) is 13.1 Å². The molecule has 1 aliphatic rings. The van der Waals surface area contributed by atoms with E-state index >= 15 is 0 Å². The van der Waals surface area contributed by atoms with E-state index in [0.717, 1.165) is 43.3 Å². The fraction of sp³-hybridized carbons (Fsp3) is 0.261. The Hall–Kier alpha value is -2.53. The maximum Gasteiger partial charge on any atom is 0.263 e. The number of piperidine rings is 1. The Morgan fingerprint density at radius 1 is 0.964 bits per heavy atom. The lowest BCUT2D eigenvalue weighted by molar-refractivity contribution is 0.0695. The van der Waals surface area contributed by atoms with Gasteiger partial charge in [-0.15, -0.1) is 11.3 Å². The molecule has 0 unspecified atom stereocenters. The highest BCUT2D eigenvalue weighted by atomic mass is 32.1. The van der Waals surface area contributed by atoms with E-state index in [-0.39, 0.29) is 5.91 Å². The number of carbonyl (C=O) groups is 1. The molecule has 0 spiro atoms. The number of benzene rings is 2. The first-order valence-electron chi connectivity index (χ1n) is 9.48. The second kappa shape index (κ2) is 8.23. The van der Waals surface area contributed by atoms with Gasteiger partial charge < -0.3 is 4.90 Å². The number of thiophene rings is 1. The Morgan fingerprint density at radius 3 is 2.43 bits per heavy atom. The highest BCUT2D eigenvalue weighted by molar-refractivity contribution is 7.17. The van der Waals surface area contributed by atoms with Gasteiger partial charge in [-0.3, -0.25) is 4.79 Å². The molecule has 3 aromatic rings. The van der Waals surface area contributed by atoms with Crippen molar-refractivity contribution in [3.05, 3.63) is 82.7 Å². The molecule has 1 amide bonds. The monoisotopic (exact) mass is 397 g/mol. The Bertz CT molecular complexity index is 962. The lowest BCUT2D eigenvalue weighted by Crippen LogP contribution is -2.38. The van der Waals surface area contributed by atoms with Crippen LogP contribution >= 0.6 is 11.3 Å². The third-order valence-corrected chi connectivity index (χ3v) is 6.41. The fourth-order valence-corrected chi connectivity index (χ4v) is 4.67. The van der Waals surface area contributed by atoms with Gasteiger partial charge in [0.25, 0.3) is 5.91 Å². The Balaban J connectivity index is 1.38. The molecular formula is C23H21F2NOS. The fourth-order valence-electron chi connectivity index (χ4n) is 3.70. The molecule has 0 bridgehead atoms. The normalized spacial score (nSPS) is 15.0. The highest BCUT2D eigenvalue weighted by Crippen LogP contribution is 2.31. The van der Waals surface area contributed by atoms with E-state index in [1.165, 1.54) is 29.0 Å². The van der Waals surface area contributed by atoms with Gasteiger partial charge in [-0.05, 0) is 60.6 Å². The molecule has 5 heteroatoms. The van der Waals surface area contributed by atoms with Crippen LogP contribution in [0.3, 0.4) is 0 Å². The highest BCUT2D eigenvalue weighted by Gasteiger charge is 2.25. The molecule has 4 rings (SSSR count). The molecule has 0 saturated carbocycles. The van der Waals surface area contributed by atoms with E-state index in [1.807, 2.05) is 11.0 Å². The van der Waals surface area contributed by atoms with E-state index in [9.17, 15) is 13.6 Å². The van der Waals surface area contributed by atoms with E-state index in [1.54, 1.807) is 12.1 Å². The predicted molar refractivity (Wildman–Crippen MR) is 108 cm³/mol. The van der Waals surface area contributed by atoms with Crippen LogP contribution in [0, 0.1) is 17.6 Å². The minimum atomic E-state index is -0.876. The predicted octanol–water partition coefficient (Wildman–Crippen LogP) is 5.79. The number of amides is 1. The first kappa shape index (κ1) is 18.8. The second-order valence-electron chi connectivity index (χ2n) is 7.22. The summed E-state index contributed by atoms with van der Waals surface area (Å²) in [5, 5.41) is 0. The maximum atomic E-state index is 13.5. The average Bonchev–Trinajstić information content (AvgIpc) is 3.21. The van der Waals surface area contributed by atoms with Crippen LogP contribution in [0.5, 0.6) is 0 Å². The van der Waals surface area contributed by atoms with Crippen LogP contribution < -0.4 is 0 Å². The molecule has 28 heavy (non-hydrogen) atoms. The first-order valence-corrected chi connectivity index (χ1v) is 10.3. The smallest absolute Gasteiger partial charge is 0.263 e. The largest absolute Gasteiger partial charge is 0.338 e. The van der Waals surface area contributed by atoms with Gasteiger partial charge in [0, 0.05) is 18.0 Å². The van der Waals surface area contributed by atoms with Gasteiger partial charge in [0.15, 0.2) is 11.6 Å². The zero-order valence-electron chi connectivity index (χ0n) is 15.4. The Kier molecular flexibility index (Phi) is 5.53. The summed E-state index contributed by atoms with van der Waals surface area (Å²) in [6.07, 6.45) is 3.06. The van der Waals surface area contributed by atoms with Crippen molar-refractivity contribution in [3.63, 3.8) is 0 Å². The number of halogens is 2. The van der Waals surface area contributed by atoms with Crippen molar-refractivity contribution < 1.29 is 13.6 Å². The van der Waals surface area contributed by atoms with Gasteiger partial charge in [0.2, 0.25) is 0 Å². The summed E-state index contributed by atoms with van der Waals surface area (Å²) in [4.78, 5) is 16.1. The molecule has 144 valence electrons. The summed E-state index contributed by atoms with van der Waals surface area (Å²) in [5.74, 6) is -1.11. The molecule has 2 heterocycles. The van der Waals surface area contributed by atoms with Gasteiger partial charge in [-0.25, -0.2) is 8.78 Å². The van der Waals surface area contributed by atoms with Gasteiger partial charge in [-0.2, -0.15) is 0 Å². The van der Waals surface area contributed by atoms with Crippen LogP contribution in [0.15, 0.2) is 60.7 Å². The molecule has 1 saturated heterocycles. The van der Waals surface area contributed by atoms with Gasteiger partial charge in [0.05, 0.1) is 4.88 Å². The molecule has 0 aliphatic carbocycles. The molecule has 2 aromatic carbocycles. The molecule has 2 nitrogen and oxygen atoms in total. The molecule has 1 aliphatic heterocycles. The number of hydrogen-bond donors (Lipinski definition) is 0. The lowest BCUT2D eigenvalue weighted by atomic mass is 9.90. The minimum Gasteiger partial charge on any atom is -0.338 e. The second-order valence-corrected chi connectivity index (χ2v) is 8.30. The van der Waals surface area contributed by atoms with Crippen LogP contribution in [0.4, 0.5) is 8.78 Å². The molecule has 1 aromatic heterocycles. The van der Waals surface area contributed by atoms with E-state index < -0.39 is 11.6 Å². The van der Waals surface area contributed by atoms with Crippen LogP contribution in [-0.4, -0.2) is 23.9 Å². The van der Waals surface area contributed by atoms with Crippen molar-refractivity contribution >= 4 is 17.2 Å². The number of rotatable bonds is 4. The molecule has 1 fully saturated rings. The van der Waals surface area contributed by atoms with Gasteiger partial charge >= 0.3 is 0 Å². The number of carbonyl (C=O) groups excluding carboxylic acids is 1. The summed E-state index contributed by atoms with van der Waals surface area (Å²) in [7, 11) is 0. The van der Waals surface area contributed by atoms with Crippen LogP contribution in [0.1, 0.15) is 28.1 Å². The molecule has 0 N–H and O–H groups in total. The zero-order chi connectivity index (χ0) is 19.5. The molecular weight excluding hydrogens is 376 g/mol. The van der Waals surface area contributed by atoms with Gasteiger partial charge in [-0.1, -0.05) is 36.4 Å². The van der Waals surface area contributed by atoms with E-state index in [2.05, 4.69) is 24.3 Å². The van der Waals surface area contributed by atoms with Gasteiger partial charge in [0.1, 0.15) is 0 Å². The van der Waals surface area contributed by atoms with Crippen molar-refractivity contribution in [2.24, 2.45) is 5.92 Å². The van der Waals surface area contributed by atoms with Crippen LogP contribution in [-0.2, 0) is 6.42 Å². The van der Waals surface area contributed by atoms with Crippen LogP contribution in [0.2, 0.25) is 0 Å². The topological polar surface area (TPSA) is 20.3 Å².